The molecule has 0 radical (unpaired) electrons. The number of phenols is 2. The molecule has 0 bridgehead atoms. The first-order chi connectivity index (χ1) is 20.7. The lowest BCUT2D eigenvalue weighted by Gasteiger charge is -2.20. The number of aromatic hydroxyl groups is 2. The van der Waals surface area contributed by atoms with Crippen LogP contribution in [0.4, 0.5) is 10.5 Å². The molecule has 0 heterocycles. The largest absolute Gasteiger partial charge is 0.508 e. The van der Waals surface area contributed by atoms with E-state index in [-0.39, 0.29) is 30.3 Å². The first-order valence-electron chi connectivity index (χ1n) is 14.4. The molecule has 2 atom stereocenters. The van der Waals surface area contributed by atoms with Crippen LogP contribution in [0.25, 0.3) is 0 Å². The summed E-state index contributed by atoms with van der Waals surface area (Å²) in [5.41, 5.74) is 13.4. The maximum atomic E-state index is 12.8. The van der Waals surface area contributed by atoms with Crippen LogP contribution in [0.15, 0.2) is 54.6 Å². The molecule has 3 aromatic carbocycles. The monoisotopic (exact) mass is 625 g/mol. The zero-order valence-electron chi connectivity index (χ0n) is 24.9. The lowest BCUT2D eigenvalue weighted by atomic mass is 9.99. The Kier molecular flexibility index (Phi) is 12.4. The molecule has 10 nitrogen and oxygen atoms in total. The van der Waals surface area contributed by atoms with Gasteiger partial charge in [0.05, 0.1) is 14.2 Å². The molecule has 0 aliphatic heterocycles. The van der Waals surface area contributed by atoms with Crippen molar-refractivity contribution in [1.82, 2.24) is 5.32 Å². The Hall–Kier alpha value is -4.28. The number of rotatable bonds is 8. The molecule has 3 aromatic rings. The zero-order chi connectivity index (χ0) is 30.9. The van der Waals surface area contributed by atoms with Gasteiger partial charge in [-0.15, -0.1) is 12.4 Å². The first kappa shape index (κ1) is 34.2. The molecule has 11 heteroatoms. The Labute approximate surface area is 263 Å². The highest BCUT2D eigenvalue weighted by Gasteiger charge is 2.27. The van der Waals surface area contributed by atoms with Crippen LogP contribution in [0, 0.1) is 0 Å². The second-order valence-corrected chi connectivity index (χ2v) is 10.8. The van der Waals surface area contributed by atoms with Crippen LogP contribution in [0.1, 0.15) is 46.2 Å². The van der Waals surface area contributed by atoms with Crippen molar-refractivity contribution >= 4 is 36.1 Å². The molecule has 0 saturated heterocycles. The zero-order valence-corrected chi connectivity index (χ0v) is 25.7. The van der Waals surface area contributed by atoms with Gasteiger partial charge >= 0.3 is 18.0 Å². The Balaban J connectivity index is 0.000000299. The minimum atomic E-state index is -0.811. The van der Waals surface area contributed by atoms with E-state index < -0.39 is 30.1 Å². The van der Waals surface area contributed by atoms with Crippen LogP contribution >= 0.6 is 12.4 Å². The number of fused-ring (bicyclic) bond motifs is 2. The van der Waals surface area contributed by atoms with E-state index in [1.54, 1.807) is 48.5 Å². The van der Waals surface area contributed by atoms with E-state index in [9.17, 15) is 19.5 Å². The van der Waals surface area contributed by atoms with E-state index in [4.69, 9.17) is 15.6 Å². The summed E-state index contributed by atoms with van der Waals surface area (Å²) >= 11 is 0. The standard InChI is InChI=1S/C23H26N2O4.C10H13NO3.ClH/c1-29-22(27)20(12-14-8-10-17(26)11-9-14)24-23(28)25-21-18-6-2-4-15(18)13-16-5-3-7-19(16)21;1-14-10(13)9(11)6-7-2-4-8(12)5-3-7;/h8-11,13,20,26H,2-7,12H2,1H3,(H2,24,25,28);2-5,9,12H,6,11H2,1H3;1H/t20-;9-;/m11./s1. The molecule has 6 N–H and O–H groups in total. The van der Waals surface area contributed by atoms with Crippen molar-refractivity contribution in [3.8, 4) is 11.5 Å². The molecule has 0 fully saturated rings. The number of urea groups is 1. The van der Waals surface area contributed by atoms with Gasteiger partial charge in [0.15, 0.2) is 0 Å². The molecule has 2 amide bonds. The molecule has 5 rings (SSSR count). The lowest BCUT2D eigenvalue weighted by molar-refractivity contribution is -0.143. The van der Waals surface area contributed by atoms with Crippen molar-refractivity contribution < 1.29 is 34.1 Å². The van der Waals surface area contributed by atoms with Gasteiger partial charge in [-0.05, 0) is 103 Å². The number of carbonyl (C=O) groups excluding carboxylic acids is 3. The number of methoxy groups -OCH3 is 2. The van der Waals surface area contributed by atoms with Gasteiger partial charge in [0.2, 0.25) is 0 Å². The number of ether oxygens (including phenoxy) is 2. The van der Waals surface area contributed by atoms with Gasteiger partial charge in [0.25, 0.3) is 0 Å². The lowest BCUT2D eigenvalue weighted by Crippen LogP contribution is -2.45. The van der Waals surface area contributed by atoms with Gasteiger partial charge in [-0.25, -0.2) is 9.59 Å². The van der Waals surface area contributed by atoms with Gasteiger partial charge in [-0.1, -0.05) is 30.3 Å². The van der Waals surface area contributed by atoms with Crippen molar-refractivity contribution in [2.24, 2.45) is 5.73 Å². The molecule has 0 aromatic heterocycles. The van der Waals surface area contributed by atoms with Crippen LogP contribution in [0.5, 0.6) is 11.5 Å². The summed E-state index contributed by atoms with van der Waals surface area (Å²) in [6.07, 6.45) is 6.99. The van der Waals surface area contributed by atoms with E-state index in [0.717, 1.165) is 55.3 Å². The van der Waals surface area contributed by atoms with Crippen LogP contribution in [0.3, 0.4) is 0 Å². The van der Waals surface area contributed by atoms with E-state index in [2.05, 4.69) is 21.4 Å². The first-order valence-corrected chi connectivity index (χ1v) is 14.4. The number of nitrogens with one attached hydrogen (secondary N) is 2. The van der Waals surface area contributed by atoms with Gasteiger partial charge in [0, 0.05) is 12.1 Å². The summed E-state index contributed by atoms with van der Waals surface area (Å²) < 4.78 is 9.37. The minimum absolute atomic E-state index is 0. The Morgan fingerprint density at radius 2 is 1.25 bits per heavy atom. The average molecular weight is 626 g/mol. The third-order valence-electron chi connectivity index (χ3n) is 7.77. The number of benzene rings is 3. The number of amides is 2. The maximum Gasteiger partial charge on any atom is 0.328 e. The molecule has 0 spiro atoms. The topological polar surface area (TPSA) is 160 Å². The number of phenolic OH excluding ortho intramolecular Hbond substituents is 2. The number of nitrogens with two attached hydrogens (primary N) is 1. The van der Waals surface area contributed by atoms with Crippen LogP contribution < -0.4 is 16.4 Å². The Bertz CT molecular complexity index is 1410. The highest BCUT2D eigenvalue weighted by atomic mass is 35.5. The van der Waals surface area contributed by atoms with Crippen molar-refractivity contribution in [2.45, 2.75) is 63.5 Å². The molecule has 44 heavy (non-hydrogen) atoms. The van der Waals surface area contributed by atoms with Crippen molar-refractivity contribution in [3.05, 3.63) is 88.0 Å². The SMILES string of the molecule is COC(=O)[C@@H](Cc1ccc(O)cc1)NC(=O)Nc1c2c(cc3c1CCC3)CCC2.COC(=O)[C@H](N)Cc1ccc(O)cc1.Cl. The van der Waals surface area contributed by atoms with Crippen LogP contribution in [-0.4, -0.2) is 54.5 Å². The summed E-state index contributed by atoms with van der Waals surface area (Å²) in [6, 6.07) is 13.6. The number of esters is 2. The summed E-state index contributed by atoms with van der Waals surface area (Å²) in [7, 11) is 2.61. The maximum absolute atomic E-state index is 12.8. The molecule has 236 valence electrons. The highest BCUT2D eigenvalue weighted by molar-refractivity contribution is 5.94. The molecule has 0 unspecified atom stereocenters. The fourth-order valence-corrected chi connectivity index (χ4v) is 5.60. The molecule has 0 saturated carbocycles. The fraction of sp³-hybridized carbons (Fsp3) is 0.364. The van der Waals surface area contributed by atoms with Gasteiger partial charge < -0.3 is 36.1 Å². The molecular weight excluding hydrogens is 586 g/mol. The van der Waals surface area contributed by atoms with Gasteiger partial charge in [-0.2, -0.15) is 0 Å². The number of halogens is 1. The van der Waals surface area contributed by atoms with Gasteiger partial charge in [-0.3, -0.25) is 4.79 Å². The summed E-state index contributed by atoms with van der Waals surface area (Å²) in [5, 5.41) is 24.3. The van der Waals surface area contributed by atoms with Gasteiger partial charge in [0.1, 0.15) is 23.6 Å². The van der Waals surface area contributed by atoms with E-state index in [1.807, 2.05) is 0 Å². The normalized spacial score (nSPS) is 14.0. The minimum Gasteiger partial charge on any atom is -0.508 e. The van der Waals surface area contributed by atoms with Crippen molar-refractivity contribution in [3.63, 3.8) is 0 Å². The third-order valence-corrected chi connectivity index (χ3v) is 7.77. The van der Waals surface area contributed by atoms with Crippen molar-refractivity contribution in [1.29, 1.82) is 0 Å². The summed E-state index contributed by atoms with van der Waals surface area (Å²) in [6.45, 7) is 0. The predicted molar refractivity (Wildman–Crippen MR) is 169 cm³/mol. The number of aryl methyl sites for hydroxylation is 2. The van der Waals surface area contributed by atoms with E-state index >= 15 is 0 Å². The average Bonchev–Trinajstić information content (AvgIpc) is 3.68. The predicted octanol–water partition coefficient (Wildman–Crippen LogP) is 4.13. The smallest absolute Gasteiger partial charge is 0.328 e. The second-order valence-electron chi connectivity index (χ2n) is 10.8. The van der Waals surface area contributed by atoms with Crippen LogP contribution in [0.2, 0.25) is 0 Å². The van der Waals surface area contributed by atoms with Crippen molar-refractivity contribution in [2.75, 3.05) is 19.5 Å². The number of hydrogen-bond donors (Lipinski definition) is 5. The Morgan fingerprint density at radius 1 is 0.773 bits per heavy atom. The summed E-state index contributed by atoms with van der Waals surface area (Å²) in [5.74, 6) is -0.587. The van der Waals surface area contributed by atoms with E-state index in [1.165, 1.54) is 36.5 Å². The third kappa shape index (κ3) is 8.87. The quantitative estimate of drug-likeness (QED) is 0.234. The highest BCUT2D eigenvalue weighted by Crippen LogP contribution is 2.38. The second kappa shape index (κ2) is 16.0. The number of carbonyl (C=O) groups is 3. The molecule has 2 aliphatic rings. The van der Waals surface area contributed by atoms with E-state index in [0.29, 0.717) is 6.42 Å². The number of hydrogen-bond acceptors (Lipinski definition) is 8. The summed E-state index contributed by atoms with van der Waals surface area (Å²) in [4.78, 5) is 36.0. The Morgan fingerprint density at radius 3 is 1.73 bits per heavy atom. The van der Waals surface area contributed by atoms with Crippen LogP contribution in [-0.2, 0) is 57.6 Å². The number of anilines is 1. The fourth-order valence-electron chi connectivity index (χ4n) is 5.60. The molecule has 2 aliphatic carbocycles. The molecular formula is C33H40ClN3O7.